The molecule has 0 saturated heterocycles. The first-order chi connectivity index (χ1) is 7.52. The lowest BCUT2D eigenvalue weighted by atomic mass is 9.94. The van der Waals surface area contributed by atoms with Crippen molar-refractivity contribution in [1.29, 1.82) is 5.26 Å². The molecule has 0 aliphatic heterocycles. The summed E-state index contributed by atoms with van der Waals surface area (Å²) >= 11 is 1.69. The van der Waals surface area contributed by atoms with Gasteiger partial charge in [0, 0.05) is 11.8 Å². The van der Waals surface area contributed by atoms with Gasteiger partial charge in [-0.15, -0.1) is 11.3 Å². The number of hydrogen-bond acceptors (Lipinski definition) is 3. The largest absolute Gasteiger partial charge is 0.246 e. The number of thiazole rings is 1. The van der Waals surface area contributed by atoms with Gasteiger partial charge in [0.2, 0.25) is 0 Å². The molecule has 1 aromatic heterocycles. The Labute approximate surface area is 102 Å². The van der Waals surface area contributed by atoms with E-state index >= 15 is 0 Å². The van der Waals surface area contributed by atoms with Crippen molar-refractivity contribution in [2.75, 3.05) is 0 Å². The number of aromatic nitrogens is 1. The van der Waals surface area contributed by atoms with E-state index in [9.17, 15) is 0 Å². The van der Waals surface area contributed by atoms with Crippen LogP contribution in [0.3, 0.4) is 0 Å². The molecule has 0 bridgehead atoms. The third kappa shape index (κ3) is 3.94. The zero-order valence-corrected chi connectivity index (χ0v) is 11.3. The zero-order chi connectivity index (χ0) is 12.1. The predicted octanol–water partition coefficient (Wildman–Crippen LogP) is 3.68. The van der Waals surface area contributed by atoms with Crippen molar-refractivity contribution in [1.82, 2.24) is 4.98 Å². The molecule has 0 spiro atoms. The van der Waals surface area contributed by atoms with Gasteiger partial charge < -0.3 is 0 Å². The Kier molecular flexibility index (Phi) is 4.95. The molecule has 0 radical (unpaired) electrons. The summed E-state index contributed by atoms with van der Waals surface area (Å²) in [6, 6.07) is 2.37. The Hall–Kier alpha value is -0.880. The Morgan fingerprint density at radius 3 is 2.50 bits per heavy atom. The second-order valence-electron chi connectivity index (χ2n) is 5.01. The van der Waals surface area contributed by atoms with Crippen molar-refractivity contribution in [3.8, 4) is 6.07 Å². The summed E-state index contributed by atoms with van der Waals surface area (Å²) in [7, 11) is 0. The molecular weight excluding hydrogens is 216 g/mol. The summed E-state index contributed by atoms with van der Waals surface area (Å²) in [5, 5.41) is 12.3. The Morgan fingerprint density at radius 1 is 1.31 bits per heavy atom. The highest BCUT2D eigenvalue weighted by Crippen LogP contribution is 2.20. The topological polar surface area (TPSA) is 36.7 Å². The van der Waals surface area contributed by atoms with Gasteiger partial charge in [-0.25, -0.2) is 4.98 Å². The van der Waals surface area contributed by atoms with Crippen LogP contribution in [0, 0.1) is 29.1 Å². The first-order valence-corrected chi connectivity index (χ1v) is 6.73. The summed E-state index contributed by atoms with van der Waals surface area (Å²) in [5.74, 6) is 1.15. The van der Waals surface area contributed by atoms with Crippen LogP contribution >= 0.6 is 11.3 Å². The van der Waals surface area contributed by atoms with E-state index in [1.54, 1.807) is 11.3 Å². The molecular formula is C13H20N2S. The third-order valence-electron chi connectivity index (χ3n) is 2.58. The summed E-state index contributed by atoms with van der Waals surface area (Å²) in [6.45, 7) is 8.59. The fourth-order valence-corrected chi connectivity index (χ4v) is 2.44. The SMILES string of the molecule is CC(C)Cc1csc(CC(C#N)C(C)C)n1. The summed E-state index contributed by atoms with van der Waals surface area (Å²) < 4.78 is 0. The van der Waals surface area contributed by atoms with Gasteiger partial charge in [0.15, 0.2) is 0 Å². The summed E-state index contributed by atoms with van der Waals surface area (Å²) in [4.78, 5) is 4.59. The molecule has 1 rings (SSSR count). The average Bonchev–Trinajstić information content (AvgIpc) is 2.60. The van der Waals surface area contributed by atoms with Gasteiger partial charge in [0.05, 0.1) is 22.7 Å². The second kappa shape index (κ2) is 6.00. The maximum Gasteiger partial charge on any atom is 0.0941 e. The minimum absolute atomic E-state index is 0.0954. The highest BCUT2D eigenvalue weighted by molar-refractivity contribution is 7.09. The van der Waals surface area contributed by atoms with Crippen LogP contribution in [0.25, 0.3) is 0 Å². The molecule has 2 nitrogen and oxygen atoms in total. The standard InChI is InChI=1S/C13H20N2S/c1-9(2)5-12-8-16-13(15-12)6-11(7-14)10(3)4/h8-11H,5-6H2,1-4H3. The van der Waals surface area contributed by atoms with E-state index in [-0.39, 0.29) is 5.92 Å². The molecule has 0 saturated carbocycles. The molecule has 0 aliphatic rings. The van der Waals surface area contributed by atoms with Crippen molar-refractivity contribution in [2.45, 2.75) is 40.5 Å². The molecule has 0 aliphatic carbocycles. The van der Waals surface area contributed by atoms with Gasteiger partial charge in [-0.3, -0.25) is 0 Å². The van der Waals surface area contributed by atoms with E-state index < -0.39 is 0 Å². The van der Waals surface area contributed by atoms with Gasteiger partial charge in [0.25, 0.3) is 0 Å². The van der Waals surface area contributed by atoms with E-state index in [4.69, 9.17) is 5.26 Å². The molecule has 1 aromatic rings. The molecule has 3 heteroatoms. The molecule has 0 N–H and O–H groups in total. The van der Waals surface area contributed by atoms with Gasteiger partial charge >= 0.3 is 0 Å². The van der Waals surface area contributed by atoms with Crippen molar-refractivity contribution >= 4 is 11.3 Å². The Balaban J connectivity index is 2.61. The lowest BCUT2D eigenvalue weighted by Crippen LogP contribution is -2.09. The molecule has 1 heterocycles. The fourth-order valence-electron chi connectivity index (χ4n) is 1.57. The second-order valence-corrected chi connectivity index (χ2v) is 5.96. The highest BCUT2D eigenvalue weighted by atomic mass is 32.1. The van der Waals surface area contributed by atoms with Gasteiger partial charge in [0.1, 0.15) is 0 Å². The Morgan fingerprint density at radius 2 is 2.00 bits per heavy atom. The van der Waals surface area contributed by atoms with Crippen LogP contribution in [0.2, 0.25) is 0 Å². The number of nitriles is 1. The van der Waals surface area contributed by atoms with Crippen LogP contribution in [0.15, 0.2) is 5.38 Å². The van der Waals surface area contributed by atoms with Crippen molar-refractivity contribution < 1.29 is 0 Å². The Bertz CT molecular complexity index is 360. The summed E-state index contributed by atoms with van der Waals surface area (Å²) in [5.41, 5.74) is 1.18. The first-order valence-electron chi connectivity index (χ1n) is 5.85. The molecule has 16 heavy (non-hydrogen) atoms. The molecule has 0 aromatic carbocycles. The molecule has 1 unspecified atom stereocenters. The van der Waals surface area contributed by atoms with E-state index in [2.05, 4.69) is 44.1 Å². The number of nitrogens with zero attached hydrogens (tertiary/aromatic N) is 2. The quantitative estimate of drug-likeness (QED) is 0.782. The van der Waals surface area contributed by atoms with Crippen molar-refractivity contribution in [3.05, 3.63) is 16.1 Å². The predicted molar refractivity (Wildman–Crippen MR) is 68.3 cm³/mol. The third-order valence-corrected chi connectivity index (χ3v) is 3.50. The number of hydrogen-bond donors (Lipinski definition) is 0. The molecule has 1 atom stereocenters. The van der Waals surface area contributed by atoms with Gasteiger partial charge in [-0.1, -0.05) is 27.7 Å². The van der Waals surface area contributed by atoms with E-state index in [1.165, 1.54) is 5.69 Å². The van der Waals surface area contributed by atoms with Gasteiger partial charge in [-0.05, 0) is 18.3 Å². The smallest absolute Gasteiger partial charge is 0.0941 e. The minimum Gasteiger partial charge on any atom is -0.246 e. The monoisotopic (exact) mass is 236 g/mol. The van der Waals surface area contributed by atoms with Gasteiger partial charge in [-0.2, -0.15) is 5.26 Å². The fraction of sp³-hybridized carbons (Fsp3) is 0.692. The van der Waals surface area contributed by atoms with Crippen molar-refractivity contribution in [2.24, 2.45) is 17.8 Å². The van der Waals surface area contributed by atoms with E-state index in [1.807, 2.05) is 0 Å². The van der Waals surface area contributed by atoms with Crippen LogP contribution in [0.1, 0.15) is 38.4 Å². The maximum absolute atomic E-state index is 9.04. The average molecular weight is 236 g/mol. The van der Waals surface area contributed by atoms with E-state index in [0.29, 0.717) is 11.8 Å². The first kappa shape index (κ1) is 13.2. The molecule has 0 fully saturated rings. The van der Waals surface area contributed by atoms with Crippen LogP contribution in [-0.2, 0) is 12.8 Å². The lowest BCUT2D eigenvalue weighted by molar-refractivity contribution is 0.472. The minimum atomic E-state index is 0.0954. The normalized spacial score (nSPS) is 13.1. The zero-order valence-electron chi connectivity index (χ0n) is 10.5. The summed E-state index contributed by atoms with van der Waals surface area (Å²) in [6.07, 6.45) is 1.84. The highest BCUT2D eigenvalue weighted by Gasteiger charge is 2.15. The van der Waals surface area contributed by atoms with Crippen LogP contribution < -0.4 is 0 Å². The van der Waals surface area contributed by atoms with Crippen LogP contribution in [0.4, 0.5) is 0 Å². The molecule has 88 valence electrons. The maximum atomic E-state index is 9.04. The van der Waals surface area contributed by atoms with Crippen molar-refractivity contribution in [3.63, 3.8) is 0 Å². The van der Waals surface area contributed by atoms with Crippen LogP contribution in [-0.4, -0.2) is 4.98 Å². The molecule has 0 amide bonds. The lowest BCUT2D eigenvalue weighted by Gasteiger charge is -2.10. The van der Waals surface area contributed by atoms with Crippen LogP contribution in [0.5, 0.6) is 0 Å². The van der Waals surface area contributed by atoms with E-state index in [0.717, 1.165) is 17.8 Å². The number of rotatable bonds is 5.